The first-order chi connectivity index (χ1) is 20.5. The molecule has 0 saturated carbocycles. The predicted octanol–water partition coefficient (Wildman–Crippen LogP) is 4.68. The Hall–Kier alpha value is -4.30. The van der Waals surface area contributed by atoms with Crippen LogP contribution in [0.25, 0.3) is 0 Å². The number of rotatable bonds is 6. The minimum absolute atomic E-state index is 0.121. The number of para-hydroxylation sites is 1. The molecule has 14 heteroatoms. The lowest BCUT2D eigenvalue weighted by Gasteiger charge is -2.38. The average molecular weight is 614 g/mol. The van der Waals surface area contributed by atoms with Gasteiger partial charge >= 0.3 is 6.18 Å². The lowest BCUT2D eigenvalue weighted by Crippen LogP contribution is -2.54. The van der Waals surface area contributed by atoms with E-state index in [4.69, 9.17) is 4.74 Å². The quantitative estimate of drug-likeness (QED) is 0.292. The number of halogens is 3. The number of alkyl halides is 3. The number of anilines is 3. The van der Waals surface area contributed by atoms with Crippen molar-refractivity contribution in [2.45, 2.75) is 11.0 Å². The lowest BCUT2D eigenvalue weighted by molar-refractivity contribution is -0.384. The monoisotopic (exact) mass is 613 g/mol. The molecule has 3 heterocycles. The van der Waals surface area contributed by atoms with Crippen LogP contribution in [0.5, 0.6) is 5.75 Å². The van der Waals surface area contributed by atoms with E-state index in [2.05, 4.69) is 0 Å². The van der Waals surface area contributed by atoms with E-state index in [0.717, 1.165) is 12.1 Å². The summed E-state index contributed by atoms with van der Waals surface area (Å²) in [5.41, 5.74) is 0.423. The molecular formula is C29H26F3N5O5S. The predicted molar refractivity (Wildman–Crippen MR) is 155 cm³/mol. The van der Waals surface area contributed by atoms with Gasteiger partial charge in [0, 0.05) is 43.5 Å². The summed E-state index contributed by atoms with van der Waals surface area (Å²) >= 11 is 1.28. The molecule has 0 N–H and O–H groups in total. The van der Waals surface area contributed by atoms with E-state index in [-0.39, 0.29) is 29.9 Å². The summed E-state index contributed by atoms with van der Waals surface area (Å²) < 4.78 is 44.8. The van der Waals surface area contributed by atoms with Gasteiger partial charge in [-0.3, -0.25) is 34.4 Å². The molecule has 10 nitrogen and oxygen atoms in total. The van der Waals surface area contributed by atoms with Crippen LogP contribution in [-0.4, -0.2) is 67.3 Å². The normalized spacial score (nSPS) is 20.7. The first kappa shape index (κ1) is 28.8. The molecule has 0 radical (unpaired) electrons. The average Bonchev–Trinajstić information content (AvgIpc) is 3.47. The summed E-state index contributed by atoms with van der Waals surface area (Å²) in [5.74, 6) is 0.315. The maximum atomic E-state index is 14.3. The Morgan fingerprint density at radius 3 is 2.33 bits per heavy atom. The Bertz CT molecular complexity index is 1600. The molecule has 2 saturated heterocycles. The zero-order valence-electron chi connectivity index (χ0n) is 22.9. The molecule has 3 aromatic rings. The van der Waals surface area contributed by atoms with Crippen molar-refractivity contribution in [1.29, 1.82) is 0 Å². The second-order valence-corrected chi connectivity index (χ2v) is 11.5. The zero-order chi connectivity index (χ0) is 30.5. The van der Waals surface area contributed by atoms with E-state index in [0.29, 0.717) is 54.9 Å². The number of ether oxygens (including phenoxy) is 1. The van der Waals surface area contributed by atoms with Gasteiger partial charge in [-0.25, -0.2) is 0 Å². The summed E-state index contributed by atoms with van der Waals surface area (Å²) in [5, 5.41) is 11.6. The number of nitrogens with zero attached hydrogens (tertiary/aromatic N) is 5. The van der Waals surface area contributed by atoms with E-state index in [9.17, 15) is 32.9 Å². The Morgan fingerprint density at radius 1 is 0.977 bits per heavy atom. The highest BCUT2D eigenvalue weighted by atomic mass is 32.2. The van der Waals surface area contributed by atoms with Gasteiger partial charge < -0.3 is 9.64 Å². The second-order valence-electron chi connectivity index (χ2n) is 10.3. The Kier molecular flexibility index (Phi) is 7.21. The fraction of sp³-hybridized carbons (Fsp3) is 0.310. The molecule has 3 aliphatic rings. The van der Waals surface area contributed by atoms with Gasteiger partial charge in [-0.05, 0) is 42.5 Å². The van der Waals surface area contributed by atoms with Gasteiger partial charge in [0.05, 0.1) is 35.7 Å². The van der Waals surface area contributed by atoms with E-state index in [1.807, 2.05) is 29.2 Å². The number of amides is 2. The summed E-state index contributed by atoms with van der Waals surface area (Å²) in [4.78, 5) is 44.0. The third-order valence-electron chi connectivity index (χ3n) is 7.95. The molecule has 224 valence electrons. The van der Waals surface area contributed by atoms with Crippen LogP contribution in [0.1, 0.15) is 11.1 Å². The molecule has 1 atom stereocenters. The highest BCUT2D eigenvalue weighted by Gasteiger charge is 2.61. The van der Waals surface area contributed by atoms with E-state index < -0.39 is 27.2 Å². The molecule has 0 aliphatic carbocycles. The Balaban J connectivity index is 1.23. The summed E-state index contributed by atoms with van der Waals surface area (Å²) in [7, 11) is 1.55. The third kappa shape index (κ3) is 4.83. The number of thioether (sulfide) groups is 1. The van der Waals surface area contributed by atoms with Crippen LogP contribution in [0.4, 0.5) is 35.9 Å². The highest BCUT2D eigenvalue weighted by Crippen LogP contribution is 2.55. The van der Waals surface area contributed by atoms with Crippen molar-refractivity contribution in [1.82, 2.24) is 4.90 Å². The van der Waals surface area contributed by atoms with Crippen molar-refractivity contribution in [3.05, 3.63) is 88.0 Å². The fourth-order valence-electron chi connectivity index (χ4n) is 5.87. The zero-order valence-corrected chi connectivity index (χ0v) is 23.7. The van der Waals surface area contributed by atoms with Gasteiger partial charge in [-0.2, -0.15) is 13.2 Å². The largest absolute Gasteiger partial charge is 0.497 e. The van der Waals surface area contributed by atoms with Crippen molar-refractivity contribution in [2.24, 2.45) is 0 Å². The Morgan fingerprint density at radius 2 is 1.67 bits per heavy atom. The molecule has 1 spiro atoms. The van der Waals surface area contributed by atoms with Gasteiger partial charge in [0.1, 0.15) is 11.4 Å². The number of hydrogen-bond acceptors (Lipinski definition) is 8. The summed E-state index contributed by atoms with van der Waals surface area (Å²) in [6.07, 6.45) is -4.69. The molecule has 0 aromatic heterocycles. The summed E-state index contributed by atoms with van der Waals surface area (Å²) in [6, 6.07) is 16.9. The molecule has 0 bridgehead atoms. The maximum absolute atomic E-state index is 14.3. The Labute approximate surface area is 248 Å². The van der Waals surface area contributed by atoms with Gasteiger partial charge in [-0.1, -0.05) is 18.2 Å². The van der Waals surface area contributed by atoms with E-state index >= 15 is 0 Å². The van der Waals surface area contributed by atoms with E-state index in [1.54, 1.807) is 46.1 Å². The maximum Gasteiger partial charge on any atom is 0.416 e. The second kappa shape index (κ2) is 10.8. The first-order valence-corrected chi connectivity index (χ1v) is 14.4. The van der Waals surface area contributed by atoms with Crippen molar-refractivity contribution in [3.63, 3.8) is 0 Å². The van der Waals surface area contributed by atoms with Crippen molar-refractivity contribution in [3.8, 4) is 5.75 Å². The molecule has 3 aromatic carbocycles. The molecule has 6 rings (SSSR count). The minimum Gasteiger partial charge on any atom is -0.497 e. The summed E-state index contributed by atoms with van der Waals surface area (Å²) in [6.45, 7) is 1.65. The molecule has 1 unspecified atom stereocenters. The van der Waals surface area contributed by atoms with Crippen LogP contribution in [0.2, 0.25) is 0 Å². The topological polar surface area (TPSA) is 99.5 Å². The van der Waals surface area contributed by atoms with Gasteiger partial charge in [0.15, 0.2) is 0 Å². The van der Waals surface area contributed by atoms with Crippen LogP contribution in [0.15, 0.2) is 66.7 Å². The van der Waals surface area contributed by atoms with Gasteiger partial charge in [0.2, 0.25) is 10.8 Å². The van der Waals surface area contributed by atoms with Crippen molar-refractivity contribution < 1.29 is 32.4 Å². The number of nitro groups is 1. The van der Waals surface area contributed by atoms with Crippen LogP contribution < -0.4 is 19.4 Å². The number of fused-ring (bicyclic) bond motifs is 2. The number of hydrogen-bond donors (Lipinski definition) is 0. The standard InChI is InChI=1S/C29H26F3N5O5S/c1-42-21-9-7-20(8-10-21)36-26(38)17-43-28(36)22-4-2-3-5-23(22)35(27(28)39)18-33-12-14-34(15-13-33)24-11-6-19(29(30,31)32)16-25(24)37(40)41/h2-11,16H,12-15,17-18H2,1H3. The third-order valence-corrected chi connectivity index (χ3v) is 9.33. The van der Waals surface area contributed by atoms with Crippen LogP contribution in [0, 0.1) is 10.1 Å². The van der Waals surface area contributed by atoms with Crippen LogP contribution in [0.3, 0.4) is 0 Å². The molecule has 3 aliphatic heterocycles. The molecule has 43 heavy (non-hydrogen) atoms. The number of carbonyl (C=O) groups is 2. The minimum atomic E-state index is -4.69. The fourth-order valence-corrected chi connectivity index (χ4v) is 7.23. The first-order valence-electron chi connectivity index (χ1n) is 13.4. The van der Waals surface area contributed by atoms with Gasteiger partial charge in [0.25, 0.3) is 11.6 Å². The van der Waals surface area contributed by atoms with Crippen molar-refractivity contribution >= 4 is 46.3 Å². The SMILES string of the molecule is COc1ccc(N2C(=O)CSC23C(=O)N(CN2CCN(c4ccc(C(F)(F)F)cc4[N+](=O)[O-])CC2)c2ccccc23)cc1. The number of nitro benzene ring substituents is 1. The number of carbonyl (C=O) groups excluding carboxylic acids is 2. The number of benzene rings is 3. The molecule has 2 fully saturated rings. The van der Waals surface area contributed by atoms with E-state index in [1.165, 1.54) is 11.8 Å². The molecule has 2 amide bonds. The van der Waals surface area contributed by atoms with Crippen LogP contribution in [-0.2, 0) is 20.6 Å². The number of piperazine rings is 1. The lowest BCUT2D eigenvalue weighted by atomic mass is 10.0. The molecular weight excluding hydrogens is 587 g/mol. The number of methoxy groups -OCH3 is 1. The highest BCUT2D eigenvalue weighted by molar-refractivity contribution is 8.02. The smallest absolute Gasteiger partial charge is 0.416 e. The van der Waals surface area contributed by atoms with Crippen LogP contribution >= 0.6 is 11.8 Å². The van der Waals surface area contributed by atoms with Gasteiger partial charge in [-0.15, -0.1) is 11.8 Å². The van der Waals surface area contributed by atoms with Crippen molar-refractivity contribution in [2.75, 3.05) is 60.4 Å².